The molecule has 0 amide bonds. The van der Waals surface area contributed by atoms with Gasteiger partial charge in [0.2, 0.25) is 0 Å². The molecule has 70 valence electrons. The first-order chi connectivity index (χ1) is 6.88. The van der Waals surface area contributed by atoms with Crippen molar-refractivity contribution < 1.29 is 4.10 Å². The summed E-state index contributed by atoms with van der Waals surface area (Å²) in [7, 11) is 0. The molecule has 1 N–H and O–H groups in total. The van der Waals surface area contributed by atoms with Gasteiger partial charge in [0.25, 0.3) is 0 Å². The third kappa shape index (κ3) is 2.06. The zero-order chi connectivity index (χ0) is 9.80. The fraction of sp³-hybridized carbons (Fsp3) is 0. The molecule has 0 bridgehead atoms. The van der Waals surface area contributed by atoms with Gasteiger partial charge >= 0.3 is 88.5 Å². The van der Waals surface area contributed by atoms with Crippen LogP contribution in [0.5, 0.6) is 0 Å². The molecule has 0 aliphatic carbocycles. The molecule has 2 aromatic rings. The third-order valence-electron chi connectivity index (χ3n) is 2.00. The maximum absolute atomic E-state index is 10.1. The summed E-state index contributed by atoms with van der Waals surface area (Å²) >= 11 is -1.99. The van der Waals surface area contributed by atoms with Crippen LogP contribution in [0.2, 0.25) is 0 Å². The second kappa shape index (κ2) is 4.45. The Bertz CT molecular complexity index is 346. The van der Waals surface area contributed by atoms with Gasteiger partial charge in [-0.2, -0.15) is 0 Å². The van der Waals surface area contributed by atoms with Crippen LogP contribution in [-0.2, 0) is 0 Å². The molecule has 0 saturated carbocycles. The molecule has 0 atom stereocenters. The van der Waals surface area contributed by atoms with Crippen molar-refractivity contribution in [2.24, 2.45) is 0 Å². The van der Waals surface area contributed by atoms with Crippen molar-refractivity contribution in [3.63, 3.8) is 0 Å². The fourth-order valence-electron chi connectivity index (χ4n) is 1.29. The van der Waals surface area contributed by atoms with Gasteiger partial charge in [0, 0.05) is 0 Å². The molecule has 0 spiro atoms. The van der Waals surface area contributed by atoms with Gasteiger partial charge in [-0.1, -0.05) is 0 Å². The van der Waals surface area contributed by atoms with Gasteiger partial charge in [0.15, 0.2) is 0 Å². The van der Waals surface area contributed by atoms with Crippen molar-refractivity contribution in [3.05, 3.63) is 60.7 Å². The summed E-state index contributed by atoms with van der Waals surface area (Å²) in [6.07, 6.45) is 0. The van der Waals surface area contributed by atoms with Crippen molar-refractivity contribution in [1.29, 1.82) is 0 Å². The van der Waals surface area contributed by atoms with E-state index in [4.69, 9.17) is 0 Å². The van der Waals surface area contributed by atoms with E-state index in [-0.39, 0.29) is 0 Å². The predicted molar refractivity (Wildman–Crippen MR) is 60.1 cm³/mol. The molecule has 0 fully saturated rings. The van der Waals surface area contributed by atoms with E-state index in [1.807, 2.05) is 60.7 Å². The van der Waals surface area contributed by atoms with Crippen molar-refractivity contribution >= 4 is 23.7 Å². The van der Waals surface area contributed by atoms with Gasteiger partial charge in [-0.15, -0.1) is 0 Å². The average Bonchev–Trinajstić information content (AvgIpc) is 2.30. The molecule has 2 rings (SSSR count). The molecule has 0 aliphatic rings. The first-order valence-electron chi connectivity index (χ1n) is 4.47. The fourth-order valence-corrected chi connectivity index (χ4v) is 3.82. The third-order valence-corrected chi connectivity index (χ3v) is 5.31. The minimum atomic E-state index is -1.99. The van der Waals surface area contributed by atoms with Crippen LogP contribution in [0.1, 0.15) is 0 Å². The average molecular weight is 246 g/mol. The first-order valence-corrected chi connectivity index (χ1v) is 7.18. The summed E-state index contributed by atoms with van der Waals surface area (Å²) in [4.78, 5) is 0. The van der Waals surface area contributed by atoms with Gasteiger partial charge < -0.3 is 0 Å². The van der Waals surface area contributed by atoms with Crippen molar-refractivity contribution in [3.8, 4) is 0 Å². The molecule has 0 aromatic heterocycles. The monoisotopic (exact) mass is 246 g/mol. The number of hydrogen-bond donors (Lipinski definition) is 1. The zero-order valence-electron chi connectivity index (χ0n) is 7.67. The van der Waals surface area contributed by atoms with E-state index in [0.29, 0.717) is 0 Å². The van der Waals surface area contributed by atoms with Gasteiger partial charge in [0.1, 0.15) is 0 Å². The summed E-state index contributed by atoms with van der Waals surface area (Å²) in [5, 5.41) is 0. The van der Waals surface area contributed by atoms with E-state index in [0.717, 1.165) is 8.70 Å². The zero-order valence-corrected chi connectivity index (χ0v) is 9.54. The van der Waals surface area contributed by atoms with Gasteiger partial charge in [-0.05, 0) is 0 Å². The summed E-state index contributed by atoms with van der Waals surface area (Å²) < 4.78 is 12.3. The number of benzene rings is 2. The molecule has 2 aromatic carbocycles. The first kappa shape index (κ1) is 9.51. The van der Waals surface area contributed by atoms with Gasteiger partial charge in [0.05, 0.1) is 0 Å². The minimum absolute atomic E-state index is 1.08. The number of rotatable bonds is 2. The van der Waals surface area contributed by atoms with Crippen LogP contribution in [0.3, 0.4) is 0 Å². The summed E-state index contributed by atoms with van der Waals surface area (Å²) in [5.74, 6) is 0. The van der Waals surface area contributed by atoms with Crippen LogP contribution in [0.4, 0.5) is 0 Å². The quantitative estimate of drug-likeness (QED) is 0.776. The second-order valence-corrected chi connectivity index (χ2v) is 6.46. The molecule has 0 heterocycles. The van der Waals surface area contributed by atoms with Gasteiger partial charge in [-0.3, -0.25) is 0 Å². The second-order valence-electron chi connectivity index (χ2n) is 2.98. The Morgan fingerprint density at radius 3 is 1.36 bits per heavy atom. The van der Waals surface area contributed by atoms with E-state index >= 15 is 0 Å². The standard InChI is InChI=1S/C12H11AsO/c14-13(11-7-3-1-4-8-11)12-9-5-2-6-10-12/h1-10,14H. The normalized spacial score (nSPS) is 10.4. The molecule has 0 saturated heterocycles. The Morgan fingerprint density at radius 2 is 1.00 bits per heavy atom. The Hall–Kier alpha value is -1.04. The predicted octanol–water partition coefficient (Wildman–Crippen LogP) is 0.785. The van der Waals surface area contributed by atoms with Crippen molar-refractivity contribution in [2.45, 2.75) is 0 Å². The molecule has 0 unspecified atom stereocenters. The molecule has 2 heteroatoms. The SMILES string of the molecule is O[As](c1ccccc1)c1ccccc1. The molecule has 14 heavy (non-hydrogen) atoms. The summed E-state index contributed by atoms with van der Waals surface area (Å²) in [6, 6.07) is 19.8. The Kier molecular flexibility index (Phi) is 3.03. The van der Waals surface area contributed by atoms with Crippen LogP contribution >= 0.6 is 0 Å². The van der Waals surface area contributed by atoms with Crippen LogP contribution in [0, 0.1) is 0 Å². The Morgan fingerprint density at radius 1 is 0.643 bits per heavy atom. The summed E-state index contributed by atoms with van der Waals surface area (Å²) in [6.45, 7) is 0. The van der Waals surface area contributed by atoms with Crippen molar-refractivity contribution in [2.75, 3.05) is 0 Å². The van der Waals surface area contributed by atoms with Crippen LogP contribution in [0.15, 0.2) is 60.7 Å². The van der Waals surface area contributed by atoms with E-state index in [1.165, 1.54) is 0 Å². The molecular formula is C12H11AsO. The summed E-state index contributed by atoms with van der Waals surface area (Å²) in [5.41, 5.74) is 0. The Labute approximate surface area is 88.6 Å². The van der Waals surface area contributed by atoms with Gasteiger partial charge in [-0.25, -0.2) is 0 Å². The molecule has 1 nitrogen and oxygen atoms in total. The topological polar surface area (TPSA) is 20.2 Å². The van der Waals surface area contributed by atoms with Crippen molar-refractivity contribution in [1.82, 2.24) is 0 Å². The number of hydrogen-bond acceptors (Lipinski definition) is 1. The molecular weight excluding hydrogens is 235 g/mol. The van der Waals surface area contributed by atoms with E-state index < -0.39 is 15.0 Å². The Balaban J connectivity index is 2.30. The van der Waals surface area contributed by atoms with Crippen LogP contribution in [0.25, 0.3) is 0 Å². The van der Waals surface area contributed by atoms with E-state index in [1.54, 1.807) is 0 Å². The molecule has 0 radical (unpaired) electrons. The van der Waals surface area contributed by atoms with E-state index in [2.05, 4.69) is 0 Å². The molecule has 0 aliphatic heterocycles. The van der Waals surface area contributed by atoms with Crippen LogP contribution in [-0.4, -0.2) is 19.1 Å². The van der Waals surface area contributed by atoms with Crippen LogP contribution < -0.4 is 8.70 Å². The van der Waals surface area contributed by atoms with E-state index in [9.17, 15) is 4.10 Å². The maximum atomic E-state index is 10.1.